The molecule has 0 aliphatic rings. The van der Waals surface area contributed by atoms with Crippen LogP contribution in [0.3, 0.4) is 0 Å². The maximum Gasteiger partial charge on any atom is 0.419 e. The average Bonchev–Trinajstić information content (AvgIpc) is 2.82. The maximum absolute atomic E-state index is 13.1. The number of benzene rings is 1. The molecular weight excluding hydrogens is 283 g/mol. The topological polar surface area (TPSA) is 53.1 Å². The molecule has 0 saturated carbocycles. The number of hydrogen-bond acceptors (Lipinski definition) is 3. The van der Waals surface area contributed by atoms with Crippen LogP contribution in [0, 0.1) is 0 Å². The maximum atomic E-state index is 13.1. The van der Waals surface area contributed by atoms with Gasteiger partial charge in [0, 0.05) is 13.2 Å². The Balaban J connectivity index is 2.21. The summed E-state index contributed by atoms with van der Waals surface area (Å²) in [5.41, 5.74) is 5.69. The van der Waals surface area contributed by atoms with E-state index in [0.717, 1.165) is 6.07 Å². The Morgan fingerprint density at radius 3 is 2.62 bits per heavy atom. The molecule has 4 nitrogen and oxygen atoms in total. The number of aryl methyl sites for hydroxylation is 1. The van der Waals surface area contributed by atoms with Gasteiger partial charge in [-0.1, -0.05) is 6.07 Å². The second kappa shape index (κ2) is 6.17. The molecular formula is C14H16F3N3O. The first-order valence-electron chi connectivity index (χ1n) is 6.41. The van der Waals surface area contributed by atoms with Crippen molar-refractivity contribution < 1.29 is 17.9 Å². The molecule has 0 unspecified atom stereocenters. The van der Waals surface area contributed by atoms with Gasteiger partial charge in [0.1, 0.15) is 12.4 Å². The molecule has 2 aromatic rings. The molecule has 1 aromatic carbocycles. The Labute approximate surface area is 120 Å². The lowest BCUT2D eigenvalue weighted by atomic mass is 10.1. The van der Waals surface area contributed by atoms with E-state index in [9.17, 15) is 13.2 Å². The molecule has 114 valence electrons. The van der Waals surface area contributed by atoms with Gasteiger partial charge in [-0.2, -0.15) is 18.3 Å². The highest BCUT2D eigenvalue weighted by atomic mass is 19.4. The van der Waals surface area contributed by atoms with E-state index in [1.54, 1.807) is 30.1 Å². The van der Waals surface area contributed by atoms with Crippen molar-refractivity contribution >= 4 is 0 Å². The molecule has 2 rings (SSSR count). The molecule has 2 N–H and O–H groups in total. The van der Waals surface area contributed by atoms with E-state index in [-0.39, 0.29) is 12.4 Å². The van der Waals surface area contributed by atoms with Crippen LogP contribution in [0.25, 0.3) is 0 Å². The molecule has 1 aromatic heterocycles. The smallest absolute Gasteiger partial charge is 0.419 e. The van der Waals surface area contributed by atoms with Crippen molar-refractivity contribution in [3.8, 4) is 5.75 Å². The summed E-state index contributed by atoms with van der Waals surface area (Å²) in [6.45, 7) is 0.283. The lowest BCUT2D eigenvalue weighted by molar-refractivity contribution is -0.139. The number of ether oxygens (including phenoxy) is 1. The van der Waals surface area contributed by atoms with Crippen LogP contribution in [-0.4, -0.2) is 16.3 Å². The molecule has 0 aliphatic heterocycles. The zero-order chi connectivity index (χ0) is 15.5. The molecule has 1 heterocycles. The van der Waals surface area contributed by atoms with Gasteiger partial charge in [0.25, 0.3) is 0 Å². The third-order valence-electron chi connectivity index (χ3n) is 2.93. The van der Waals surface area contributed by atoms with E-state index in [1.807, 2.05) is 0 Å². The summed E-state index contributed by atoms with van der Waals surface area (Å²) in [6, 6.07) is 5.70. The Kier molecular flexibility index (Phi) is 4.52. The zero-order valence-corrected chi connectivity index (χ0v) is 11.5. The average molecular weight is 299 g/mol. The quantitative estimate of drug-likeness (QED) is 0.923. The molecule has 7 heteroatoms. The van der Waals surface area contributed by atoms with Crippen molar-refractivity contribution in [2.24, 2.45) is 12.8 Å². The number of alkyl halides is 3. The molecule has 0 fully saturated rings. The van der Waals surface area contributed by atoms with Gasteiger partial charge in [-0.15, -0.1) is 0 Å². The highest BCUT2D eigenvalue weighted by Crippen LogP contribution is 2.37. The number of halogens is 3. The molecule has 0 atom stereocenters. The molecule has 0 radical (unpaired) electrons. The number of nitrogens with two attached hydrogens (primary N) is 1. The normalized spacial score (nSPS) is 11.7. The summed E-state index contributed by atoms with van der Waals surface area (Å²) >= 11 is 0. The zero-order valence-electron chi connectivity index (χ0n) is 11.5. The third kappa shape index (κ3) is 3.98. The van der Waals surface area contributed by atoms with Crippen LogP contribution >= 0.6 is 0 Å². The van der Waals surface area contributed by atoms with Gasteiger partial charge in [-0.05, 0) is 36.7 Å². The molecule has 21 heavy (non-hydrogen) atoms. The Morgan fingerprint density at radius 1 is 1.29 bits per heavy atom. The Morgan fingerprint density at radius 2 is 2.05 bits per heavy atom. The van der Waals surface area contributed by atoms with Crippen molar-refractivity contribution in [3.63, 3.8) is 0 Å². The number of rotatable bonds is 5. The monoisotopic (exact) mass is 299 g/mol. The van der Waals surface area contributed by atoms with Crippen LogP contribution in [-0.2, 0) is 26.3 Å². The van der Waals surface area contributed by atoms with E-state index >= 15 is 0 Å². The fourth-order valence-corrected chi connectivity index (χ4v) is 1.94. The molecule has 0 saturated heterocycles. The van der Waals surface area contributed by atoms with Gasteiger partial charge in [0.05, 0.1) is 11.3 Å². The van der Waals surface area contributed by atoms with Crippen LogP contribution in [0.15, 0.2) is 30.5 Å². The standard InChI is InChI=1S/C14H16F3N3O/c1-20-7-5-11(19-20)9-21-13-3-2-10(4-6-18)8-12(13)14(15,16)17/h2-3,5,7-8H,4,6,9,18H2,1H3. The summed E-state index contributed by atoms with van der Waals surface area (Å²) in [5.74, 6) is -0.200. The lowest BCUT2D eigenvalue weighted by Crippen LogP contribution is -2.11. The van der Waals surface area contributed by atoms with Crippen LogP contribution in [0.4, 0.5) is 13.2 Å². The van der Waals surface area contributed by atoms with Crippen LogP contribution < -0.4 is 10.5 Å². The summed E-state index contributed by atoms with van der Waals surface area (Å²) in [5, 5.41) is 4.06. The third-order valence-corrected chi connectivity index (χ3v) is 2.93. The second-order valence-corrected chi connectivity index (χ2v) is 4.64. The van der Waals surface area contributed by atoms with Gasteiger partial charge in [0.2, 0.25) is 0 Å². The van der Waals surface area contributed by atoms with E-state index in [2.05, 4.69) is 5.10 Å². The van der Waals surface area contributed by atoms with Crippen LogP contribution in [0.2, 0.25) is 0 Å². The molecule has 0 aliphatic carbocycles. The van der Waals surface area contributed by atoms with E-state index in [1.165, 1.54) is 6.07 Å². The fraction of sp³-hybridized carbons (Fsp3) is 0.357. The summed E-state index contributed by atoms with van der Waals surface area (Å²) in [6.07, 6.45) is -2.37. The van der Waals surface area contributed by atoms with E-state index in [4.69, 9.17) is 10.5 Å². The van der Waals surface area contributed by atoms with Crippen molar-refractivity contribution in [3.05, 3.63) is 47.3 Å². The van der Waals surface area contributed by atoms with Crippen LogP contribution in [0.5, 0.6) is 5.75 Å². The van der Waals surface area contributed by atoms with Crippen molar-refractivity contribution in [1.82, 2.24) is 9.78 Å². The van der Waals surface area contributed by atoms with E-state index in [0.29, 0.717) is 24.2 Å². The number of hydrogen-bond donors (Lipinski definition) is 1. The first-order valence-corrected chi connectivity index (χ1v) is 6.41. The Bertz CT molecular complexity index is 608. The van der Waals surface area contributed by atoms with Gasteiger partial charge in [-0.25, -0.2) is 0 Å². The lowest BCUT2D eigenvalue weighted by Gasteiger charge is -2.14. The largest absolute Gasteiger partial charge is 0.487 e. The van der Waals surface area contributed by atoms with Gasteiger partial charge >= 0.3 is 6.18 Å². The molecule has 0 amide bonds. The SMILES string of the molecule is Cn1ccc(COc2ccc(CCN)cc2C(F)(F)F)n1. The fourth-order valence-electron chi connectivity index (χ4n) is 1.94. The van der Waals surface area contributed by atoms with Crippen molar-refractivity contribution in [1.29, 1.82) is 0 Å². The molecule has 0 spiro atoms. The van der Waals surface area contributed by atoms with Gasteiger partial charge in [0.15, 0.2) is 0 Å². The Hall–Kier alpha value is -2.02. The first kappa shape index (κ1) is 15.4. The first-order chi connectivity index (χ1) is 9.90. The predicted octanol–water partition coefficient (Wildman–Crippen LogP) is 2.52. The van der Waals surface area contributed by atoms with Gasteiger partial charge in [-0.3, -0.25) is 4.68 Å². The minimum Gasteiger partial charge on any atom is -0.487 e. The van der Waals surface area contributed by atoms with Crippen molar-refractivity contribution in [2.75, 3.05) is 6.54 Å². The predicted molar refractivity (Wildman–Crippen MR) is 71.7 cm³/mol. The van der Waals surface area contributed by atoms with Crippen LogP contribution in [0.1, 0.15) is 16.8 Å². The summed E-state index contributed by atoms with van der Waals surface area (Å²) in [4.78, 5) is 0. The highest BCUT2D eigenvalue weighted by molar-refractivity contribution is 5.39. The summed E-state index contributed by atoms with van der Waals surface area (Å²) < 4.78 is 46.0. The van der Waals surface area contributed by atoms with E-state index < -0.39 is 11.7 Å². The van der Waals surface area contributed by atoms with Gasteiger partial charge < -0.3 is 10.5 Å². The highest BCUT2D eigenvalue weighted by Gasteiger charge is 2.34. The molecule has 0 bridgehead atoms. The second-order valence-electron chi connectivity index (χ2n) is 4.64. The van der Waals surface area contributed by atoms with Crippen molar-refractivity contribution in [2.45, 2.75) is 19.2 Å². The number of aromatic nitrogens is 2. The number of nitrogens with zero attached hydrogens (tertiary/aromatic N) is 2. The summed E-state index contributed by atoms with van der Waals surface area (Å²) in [7, 11) is 1.73. The minimum atomic E-state index is -4.47. The minimum absolute atomic E-state index is 0.0137.